The minimum absolute atomic E-state index is 0.210. The van der Waals surface area contributed by atoms with Gasteiger partial charge in [-0.15, -0.1) is 0 Å². The Balaban J connectivity index is 2.20. The number of hydrogen-bond donors (Lipinski definition) is 2. The van der Waals surface area contributed by atoms with Crippen molar-refractivity contribution in [2.75, 3.05) is 16.9 Å². The molecule has 0 radical (unpaired) electrons. The fourth-order valence-electron chi connectivity index (χ4n) is 2.72. The monoisotopic (exact) mass is 314 g/mol. The van der Waals surface area contributed by atoms with E-state index in [0.29, 0.717) is 18.5 Å². The van der Waals surface area contributed by atoms with Gasteiger partial charge in [-0.25, -0.2) is 12.8 Å². The summed E-state index contributed by atoms with van der Waals surface area (Å²) in [6.45, 7) is 1.37. The second-order valence-corrected chi connectivity index (χ2v) is 7.69. The molecule has 1 fully saturated rings. The highest BCUT2D eigenvalue weighted by molar-refractivity contribution is 7.91. The van der Waals surface area contributed by atoms with Gasteiger partial charge in [-0.3, -0.25) is 4.79 Å². The zero-order valence-electron chi connectivity index (χ0n) is 12.0. The van der Waals surface area contributed by atoms with Crippen molar-refractivity contribution in [1.82, 2.24) is 0 Å². The van der Waals surface area contributed by atoms with Gasteiger partial charge in [-0.2, -0.15) is 0 Å². The summed E-state index contributed by atoms with van der Waals surface area (Å²) in [5.74, 6) is -0.717. The van der Waals surface area contributed by atoms with Crippen LogP contribution in [0.3, 0.4) is 0 Å². The summed E-state index contributed by atoms with van der Waals surface area (Å²) in [4.78, 5) is 11.0. The van der Waals surface area contributed by atoms with Gasteiger partial charge in [0.15, 0.2) is 9.84 Å². The molecule has 2 rings (SSSR count). The zero-order chi connectivity index (χ0) is 15.6. The summed E-state index contributed by atoms with van der Waals surface area (Å²) in [6.07, 6.45) is 3.27. The Hall–Kier alpha value is -1.63. The van der Waals surface area contributed by atoms with Crippen LogP contribution in [0.1, 0.15) is 26.2 Å². The van der Waals surface area contributed by atoms with E-state index in [1.165, 1.54) is 31.4 Å². The molecule has 0 aromatic heterocycles. The average molecular weight is 314 g/mol. The third-order valence-electron chi connectivity index (χ3n) is 3.63. The predicted octanol–water partition coefficient (Wildman–Crippen LogP) is 2.16. The van der Waals surface area contributed by atoms with Crippen LogP contribution in [0.2, 0.25) is 0 Å². The van der Waals surface area contributed by atoms with Crippen LogP contribution in [0, 0.1) is 5.82 Å². The molecule has 21 heavy (non-hydrogen) atoms. The number of carbonyl (C=O) groups excluding carboxylic acids is 1. The Morgan fingerprint density at radius 2 is 2.05 bits per heavy atom. The van der Waals surface area contributed by atoms with Crippen LogP contribution in [-0.2, 0) is 14.6 Å². The van der Waals surface area contributed by atoms with Crippen LogP contribution in [-0.4, -0.2) is 31.9 Å². The molecule has 1 aliphatic carbocycles. The van der Waals surface area contributed by atoms with Gasteiger partial charge in [0.2, 0.25) is 5.91 Å². The van der Waals surface area contributed by atoms with E-state index in [9.17, 15) is 17.6 Å². The van der Waals surface area contributed by atoms with E-state index in [2.05, 4.69) is 10.6 Å². The van der Waals surface area contributed by atoms with Crippen molar-refractivity contribution >= 4 is 27.1 Å². The van der Waals surface area contributed by atoms with Crippen LogP contribution in [0.4, 0.5) is 15.8 Å². The molecule has 116 valence electrons. The van der Waals surface area contributed by atoms with Crippen molar-refractivity contribution in [1.29, 1.82) is 0 Å². The number of nitrogens with one attached hydrogen (secondary N) is 2. The highest BCUT2D eigenvalue weighted by atomic mass is 32.2. The second-order valence-electron chi connectivity index (χ2n) is 5.43. The van der Waals surface area contributed by atoms with E-state index >= 15 is 0 Å². The summed E-state index contributed by atoms with van der Waals surface area (Å²) in [5, 5.41) is 5.05. The summed E-state index contributed by atoms with van der Waals surface area (Å²) in [6, 6.07) is 3.89. The van der Waals surface area contributed by atoms with E-state index in [-0.39, 0.29) is 17.6 Å². The number of halogens is 1. The summed E-state index contributed by atoms with van der Waals surface area (Å²) in [7, 11) is -3.17. The number of benzene rings is 1. The minimum atomic E-state index is -3.17. The van der Waals surface area contributed by atoms with Crippen molar-refractivity contribution in [3.63, 3.8) is 0 Å². The number of sulfone groups is 1. The molecule has 1 saturated carbocycles. The lowest BCUT2D eigenvalue weighted by Crippen LogP contribution is -2.34. The van der Waals surface area contributed by atoms with Gasteiger partial charge in [0.25, 0.3) is 0 Å². The molecule has 0 saturated heterocycles. The number of amides is 1. The molecule has 0 heterocycles. The molecule has 5 nitrogen and oxygen atoms in total. The Bertz CT molecular complexity index is 646. The van der Waals surface area contributed by atoms with Gasteiger partial charge in [0.1, 0.15) is 5.82 Å². The van der Waals surface area contributed by atoms with Crippen molar-refractivity contribution in [3.05, 3.63) is 24.0 Å². The largest absolute Gasteiger partial charge is 0.379 e. The molecule has 0 spiro atoms. The van der Waals surface area contributed by atoms with E-state index < -0.39 is 20.9 Å². The third-order valence-corrected chi connectivity index (χ3v) is 5.29. The predicted molar refractivity (Wildman–Crippen MR) is 80.6 cm³/mol. The maximum atomic E-state index is 13.9. The number of anilines is 2. The second kappa shape index (κ2) is 6.01. The molecule has 1 amide bonds. The first-order valence-electron chi connectivity index (χ1n) is 6.80. The minimum Gasteiger partial charge on any atom is -0.379 e. The molecule has 2 unspecified atom stereocenters. The van der Waals surface area contributed by atoms with Gasteiger partial charge >= 0.3 is 0 Å². The first-order valence-corrected chi connectivity index (χ1v) is 8.75. The zero-order valence-corrected chi connectivity index (χ0v) is 12.8. The van der Waals surface area contributed by atoms with Crippen molar-refractivity contribution in [2.45, 2.75) is 37.5 Å². The SMILES string of the molecule is CC(=O)Nc1ccc(F)c(NC2CCCC2S(C)(=O)=O)c1. The molecule has 0 bridgehead atoms. The number of hydrogen-bond acceptors (Lipinski definition) is 4. The first kappa shape index (κ1) is 15.8. The Kier molecular flexibility index (Phi) is 4.51. The lowest BCUT2D eigenvalue weighted by Gasteiger charge is -2.21. The van der Waals surface area contributed by atoms with Crippen molar-refractivity contribution < 1.29 is 17.6 Å². The maximum absolute atomic E-state index is 13.9. The van der Waals surface area contributed by atoms with Crippen molar-refractivity contribution in [3.8, 4) is 0 Å². The van der Waals surface area contributed by atoms with Crippen LogP contribution in [0.5, 0.6) is 0 Å². The molecule has 1 aliphatic rings. The van der Waals surface area contributed by atoms with E-state index in [1.54, 1.807) is 0 Å². The van der Waals surface area contributed by atoms with Crippen LogP contribution >= 0.6 is 0 Å². The lowest BCUT2D eigenvalue weighted by atomic mass is 10.2. The number of carbonyl (C=O) groups is 1. The number of rotatable bonds is 4. The highest BCUT2D eigenvalue weighted by Gasteiger charge is 2.35. The third kappa shape index (κ3) is 3.93. The Morgan fingerprint density at radius 1 is 1.33 bits per heavy atom. The van der Waals surface area contributed by atoms with E-state index in [4.69, 9.17) is 0 Å². The van der Waals surface area contributed by atoms with Crippen LogP contribution < -0.4 is 10.6 Å². The van der Waals surface area contributed by atoms with Gasteiger partial charge in [0.05, 0.1) is 10.9 Å². The van der Waals surface area contributed by atoms with Gasteiger partial charge in [-0.1, -0.05) is 0 Å². The molecular weight excluding hydrogens is 295 g/mol. The Morgan fingerprint density at radius 3 is 2.67 bits per heavy atom. The fraction of sp³-hybridized carbons (Fsp3) is 0.500. The summed E-state index contributed by atoms with van der Waals surface area (Å²) < 4.78 is 37.3. The molecule has 1 aromatic carbocycles. The summed E-state index contributed by atoms with van der Waals surface area (Å²) in [5.41, 5.74) is 0.683. The van der Waals surface area contributed by atoms with E-state index in [0.717, 1.165) is 6.42 Å². The fourth-order valence-corrected chi connectivity index (χ4v) is 4.12. The molecule has 0 aliphatic heterocycles. The Labute approximate surface area is 123 Å². The van der Waals surface area contributed by atoms with Gasteiger partial charge in [-0.05, 0) is 37.5 Å². The van der Waals surface area contributed by atoms with Gasteiger partial charge in [0, 0.05) is 24.9 Å². The van der Waals surface area contributed by atoms with E-state index in [1.807, 2.05) is 0 Å². The quantitative estimate of drug-likeness (QED) is 0.893. The molecular formula is C14H19FN2O3S. The first-order chi connectivity index (χ1) is 9.77. The summed E-state index contributed by atoms with van der Waals surface area (Å²) >= 11 is 0. The molecule has 2 atom stereocenters. The maximum Gasteiger partial charge on any atom is 0.221 e. The topological polar surface area (TPSA) is 75.3 Å². The molecule has 1 aromatic rings. The molecule has 2 N–H and O–H groups in total. The van der Waals surface area contributed by atoms with Crippen LogP contribution in [0.25, 0.3) is 0 Å². The average Bonchev–Trinajstić information content (AvgIpc) is 2.81. The normalized spacial score (nSPS) is 22.0. The smallest absolute Gasteiger partial charge is 0.221 e. The van der Waals surface area contributed by atoms with Crippen molar-refractivity contribution in [2.24, 2.45) is 0 Å². The standard InChI is InChI=1S/C14H19FN2O3S/c1-9(18)16-10-6-7-11(15)13(8-10)17-12-4-3-5-14(12)21(2,19)20/h6-8,12,14,17H,3-5H2,1-2H3,(H,16,18). The van der Waals surface area contributed by atoms with Crippen LogP contribution in [0.15, 0.2) is 18.2 Å². The van der Waals surface area contributed by atoms with Gasteiger partial charge < -0.3 is 10.6 Å². The highest BCUT2D eigenvalue weighted by Crippen LogP contribution is 2.29. The molecule has 7 heteroatoms. The lowest BCUT2D eigenvalue weighted by molar-refractivity contribution is -0.114.